The molecule has 0 radical (unpaired) electrons. The van der Waals surface area contributed by atoms with Crippen LogP contribution in [0.25, 0.3) is 0 Å². The molecule has 0 aromatic carbocycles. The number of carboxylic acids is 3. The van der Waals surface area contributed by atoms with E-state index in [0.29, 0.717) is 38.5 Å². The van der Waals surface area contributed by atoms with Crippen LogP contribution < -0.4 is 16.4 Å². The average Bonchev–Trinajstić information content (AvgIpc) is 3.26. The average molecular weight is 644 g/mol. The third kappa shape index (κ3) is 16.2. The van der Waals surface area contributed by atoms with E-state index in [1.807, 2.05) is 18.2 Å². The van der Waals surface area contributed by atoms with Gasteiger partial charge >= 0.3 is 17.9 Å². The SMILES string of the molecule is CCCCCC(O)CC=C1C(O)CC(SCC(NC(=O)CCC(N)C(=O)O)C(=O)NCC(=O)O)C1CC=CCCCC(=O)O. The highest BCUT2D eigenvalue weighted by Crippen LogP contribution is 2.42. The Morgan fingerprint density at radius 3 is 2.39 bits per heavy atom. The van der Waals surface area contributed by atoms with Gasteiger partial charge in [0.2, 0.25) is 11.8 Å². The molecular formula is C30H49N3O10S. The molecule has 14 heteroatoms. The van der Waals surface area contributed by atoms with Gasteiger partial charge in [-0.3, -0.25) is 24.0 Å². The van der Waals surface area contributed by atoms with Gasteiger partial charge in [-0.15, -0.1) is 0 Å². The van der Waals surface area contributed by atoms with Crippen molar-refractivity contribution in [2.45, 2.75) is 114 Å². The van der Waals surface area contributed by atoms with Crippen molar-refractivity contribution in [2.24, 2.45) is 11.7 Å². The van der Waals surface area contributed by atoms with Crippen molar-refractivity contribution in [2.75, 3.05) is 12.3 Å². The van der Waals surface area contributed by atoms with Crippen LogP contribution in [0.1, 0.15) is 84.0 Å². The minimum atomic E-state index is -1.26. The summed E-state index contributed by atoms with van der Waals surface area (Å²) < 4.78 is 0. The Labute approximate surface area is 262 Å². The molecule has 0 saturated heterocycles. The summed E-state index contributed by atoms with van der Waals surface area (Å²) in [6.07, 6.45) is 10.1. The first kappa shape index (κ1) is 39.1. The largest absolute Gasteiger partial charge is 0.481 e. The van der Waals surface area contributed by atoms with Crippen LogP contribution in [0.3, 0.4) is 0 Å². The van der Waals surface area contributed by atoms with E-state index in [1.54, 1.807) is 0 Å². The normalized spacial score (nSPS) is 21.2. The van der Waals surface area contributed by atoms with Gasteiger partial charge in [0.05, 0.1) is 12.2 Å². The second-order valence-corrected chi connectivity index (χ2v) is 12.3. The maximum atomic E-state index is 12.8. The number of rotatable bonds is 23. The van der Waals surface area contributed by atoms with Gasteiger partial charge in [-0.05, 0) is 56.4 Å². The number of hydrogen-bond acceptors (Lipinski definition) is 9. The van der Waals surface area contributed by atoms with Crippen molar-refractivity contribution >= 4 is 41.5 Å². The zero-order valence-electron chi connectivity index (χ0n) is 25.4. The topological polar surface area (TPSA) is 237 Å². The third-order valence-electron chi connectivity index (χ3n) is 7.34. The zero-order chi connectivity index (χ0) is 33.1. The fourth-order valence-corrected chi connectivity index (χ4v) is 6.35. The second-order valence-electron chi connectivity index (χ2n) is 11.0. The molecule has 6 unspecified atom stereocenters. The van der Waals surface area contributed by atoms with Crippen LogP contribution in [0.4, 0.5) is 0 Å². The highest BCUT2D eigenvalue weighted by Gasteiger charge is 2.38. The van der Waals surface area contributed by atoms with Gasteiger partial charge in [0, 0.05) is 23.8 Å². The maximum Gasteiger partial charge on any atom is 0.322 e. The predicted octanol–water partition coefficient (Wildman–Crippen LogP) is 1.81. The van der Waals surface area contributed by atoms with E-state index < -0.39 is 60.6 Å². The van der Waals surface area contributed by atoms with Crippen LogP contribution in [0, 0.1) is 5.92 Å². The number of unbranched alkanes of at least 4 members (excludes halogenated alkanes) is 3. The van der Waals surface area contributed by atoms with Crippen LogP contribution in [-0.2, 0) is 24.0 Å². The Bertz CT molecular complexity index is 1010. The lowest BCUT2D eigenvalue weighted by atomic mass is 9.95. The minimum absolute atomic E-state index is 0.0608. The molecule has 1 fully saturated rings. The monoisotopic (exact) mass is 643 g/mol. The van der Waals surface area contributed by atoms with E-state index >= 15 is 0 Å². The van der Waals surface area contributed by atoms with E-state index in [1.165, 1.54) is 11.8 Å². The quantitative estimate of drug-likeness (QED) is 0.0588. The van der Waals surface area contributed by atoms with Gasteiger partial charge in [-0.2, -0.15) is 11.8 Å². The number of thioether (sulfide) groups is 1. The van der Waals surface area contributed by atoms with Gasteiger partial charge in [0.1, 0.15) is 18.6 Å². The number of hydrogen-bond donors (Lipinski definition) is 8. The van der Waals surface area contributed by atoms with E-state index in [9.17, 15) is 34.2 Å². The molecule has 0 heterocycles. The molecule has 0 aliphatic heterocycles. The molecule has 0 aromatic heterocycles. The van der Waals surface area contributed by atoms with Crippen LogP contribution in [-0.4, -0.2) is 97.1 Å². The summed E-state index contributed by atoms with van der Waals surface area (Å²) in [6.45, 7) is 1.44. The van der Waals surface area contributed by atoms with Crippen molar-refractivity contribution in [3.05, 3.63) is 23.8 Å². The summed E-state index contributed by atoms with van der Waals surface area (Å²) in [6, 6.07) is -2.37. The number of allylic oxidation sites excluding steroid dienone is 2. The highest BCUT2D eigenvalue weighted by molar-refractivity contribution is 8.00. The summed E-state index contributed by atoms with van der Waals surface area (Å²) in [5.41, 5.74) is 6.25. The number of carbonyl (C=O) groups excluding carboxylic acids is 2. The Hall–Kier alpha value is -2.94. The van der Waals surface area contributed by atoms with Crippen LogP contribution in [0.5, 0.6) is 0 Å². The van der Waals surface area contributed by atoms with Crippen LogP contribution in [0.15, 0.2) is 23.8 Å². The molecule has 1 aliphatic rings. The lowest BCUT2D eigenvalue weighted by Crippen LogP contribution is -2.49. The minimum Gasteiger partial charge on any atom is -0.481 e. The Balaban J connectivity index is 3.03. The molecular weight excluding hydrogens is 594 g/mol. The van der Waals surface area contributed by atoms with Gasteiger partial charge in [0.25, 0.3) is 0 Å². The number of nitrogens with two attached hydrogens (primary N) is 1. The third-order valence-corrected chi connectivity index (χ3v) is 8.82. The molecule has 250 valence electrons. The highest BCUT2D eigenvalue weighted by atomic mass is 32.2. The van der Waals surface area contributed by atoms with E-state index in [2.05, 4.69) is 17.6 Å². The molecule has 6 atom stereocenters. The molecule has 0 spiro atoms. The summed E-state index contributed by atoms with van der Waals surface area (Å²) in [4.78, 5) is 58.1. The lowest BCUT2D eigenvalue weighted by Gasteiger charge is -2.23. The number of carboxylic acid groups (broad SMARTS) is 3. The van der Waals surface area contributed by atoms with Crippen LogP contribution >= 0.6 is 11.8 Å². The van der Waals surface area contributed by atoms with Gasteiger partial charge in [0.15, 0.2) is 0 Å². The molecule has 1 saturated carbocycles. The molecule has 0 bridgehead atoms. The molecule has 2 amide bonds. The van der Waals surface area contributed by atoms with Gasteiger partial charge in [-0.25, -0.2) is 0 Å². The molecule has 1 rings (SSSR count). The maximum absolute atomic E-state index is 12.8. The zero-order valence-corrected chi connectivity index (χ0v) is 26.2. The summed E-state index contributed by atoms with van der Waals surface area (Å²) in [5, 5.41) is 52.8. The Kier molecular flexibility index (Phi) is 19.3. The number of aliphatic hydroxyl groups is 2. The number of aliphatic carboxylic acids is 3. The van der Waals surface area contributed by atoms with Crippen molar-refractivity contribution in [3.8, 4) is 0 Å². The molecule has 0 aromatic rings. The summed E-state index contributed by atoms with van der Waals surface area (Å²) in [7, 11) is 0. The molecule has 9 N–H and O–H groups in total. The Morgan fingerprint density at radius 2 is 1.75 bits per heavy atom. The number of carbonyl (C=O) groups is 5. The van der Waals surface area contributed by atoms with E-state index in [0.717, 1.165) is 24.8 Å². The van der Waals surface area contributed by atoms with Gasteiger partial charge in [-0.1, -0.05) is 44.4 Å². The molecule has 13 nitrogen and oxygen atoms in total. The first-order valence-corrected chi connectivity index (χ1v) is 16.2. The van der Waals surface area contributed by atoms with Gasteiger partial charge < -0.3 is 41.9 Å². The standard InChI is InChI=1S/C30H49N3O10S/c1-2-3-6-9-19(34)12-13-20-21(10-7-4-5-8-11-27(37)38)25(16-24(20)35)44-18-23(29(41)32-17-28(39)40)33-26(36)15-14-22(31)30(42)43/h4,7,13,19,21-25,34-35H,2-3,5-6,8-12,14-18,31H2,1H3,(H,32,41)(H,33,36)(H,37,38)(H,39,40)(H,42,43). The first-order valence-electron chi connectivity index (χ1n) is 15.2. The predicted molar refractivity (Wildman–Crippen MR) is 166 cm³/mol. The summed E-state index contributed by atoms with van der Waals surface area (Å²) in [5.74, 6) is -4.80. The lowest BCUT2D eigenvalue weighted by molar-refractivity contribution is -0.139. The molecule has 44 heavy (non-hydrogen) atoms. The smallest absolute Gasteiger partial charge is 0.322 e. The fraction of sp³-hybridized carbons (Fsp3) is 0.700. The van der Waals surface area contributed by atoms with Crippen molar-refractivity contribution < 1.29 is 49.5 Å². The number of amides is 2. The fourth-order valence-electron chi connectivity index (χ4n) is 4.86. The van der Waals surface area contributed by atoms with E-state index in [-0.39, 0.29) is 36.2 Å². The summed E-state index contributed by atoms with van der Waals surface area (Å²) >= 11 is 1.35. The van der Waals surface area contributed by atoms with E-state index in [4.69, 9.17) is 21.1 Å². The van der Waals surface area contributed by atoms with Crippen molar-refractivity contribution in [3.63, 3.8) is 0 Å². The van der Waals surface area contributed by atoms with Crippen LogP contribution in [0.2, 0.25) is 0 Å². The second kappa shape index (κ2) is 21.7. The molecule has 1 aliphatic carbocycles. The first-order chi connectivity index (χ1) is 20.8. The number of nitrogens with one attached hydrogen (secondary N) is 2. The number of aliphatic hydroxyl groups excluding tert-OH is 2. The van der Waals surface area contributed by atoms with Crippen molar-refractivity contribution in [1.82, 2.24) is 10.6 Å². The Morgan fingerprint density at radius 1 is 1.02 bits per heavy atom. The van der Waals surface area contributed by atoms with Crippen molar-refractivity contribution in [1.29, 1.82) is 0 Å².